The van der Waals surface area contributed by atoms with Crippen LogP contribution in [0.3, 0.4) is 0 Å². The van der Waals surface area contributed by atoms with E-state index in [1.807, 2.05) is 24.8 Å². The van der Waals surface area contributed by atoms with Crippen LogP contribution in [0.15, 0.2) is 47.6 Å². The van der Waals surface area contributed by atoms with Crippen molar-refractivity contribution in [3.63, 3.8) is 0 Å². The molecule has 3 heterocycles. The largest absolute Gasteiger partial charge is 0.353 e. The lowest BCUT2D eigenvalue weighted by molar-refractivity contribution is 0.383. The molecule has 0 unspecified atom stereocenters. The molecule has 0 radical (unpaired) electrons. The van der Waals surface area contributed by atoms with E-state index in [1.54, 1.807) is 17.1 Å². The summed E-state index contributed by atoms with van der Waals surface area (Å²) in [6.07, 6.45) is 3.31. The Morgan fingerprint density at radius 2 is 1.72 bits per heavy atom. The topological polar surface area (TPSA) is 84.2 Å². The summed E-state index contributed by atoms with van der Waals surface area (Å²) in [6, 6.07) is 7.05. The van der Waals surface area contributed by atoms with Gasteiger partial charge in [-0.3, -0.25) is 4.98 Å². The minimum atomic E-state index is -3.73. The van der Waals surface area contributed by atoms with Crippen LogP contribution in [0.25, 0.3) is 5.82 Å². The molecule has 29 heavy (non-hydrogen) atoms. The van der Waals surface area contributed by atoms with Crippen LogP contribution in [0, 0.1) is 19.7 Å². The maximum atomic E-state index is 13.4. The second kappa shape index (κ2) is 7.53. The van der Waals surface area contributed by atoms with Gasteiger partial charge >= 0.3 is 0 Å². The lowest BCUT2D eigenvalue weighted by Crippen LogP contribution is -2.49. The molecular weight excluding hydrogens is 395 g/mol. The Morgan fingerprint density at radius 3 is 2.38 bits per heavy atom. The van der Waals surface area contributed by atoms with E-state index in [0.717, 1.165) is 17.5 Å². The fourth-order valence-corrected chi connectivity index (χ4v) is 4.85. The highest BCUT2D eigenvalue weighted by atomic mass is 32.2. The van der Waals surface area contributed by atoms with Gasteiger partial charge < -0.3 is 4.90 Å². The molecule has 0 atom stereocenters. The van der Waals surface area contributed by atoms with Gasteiger partial charge in [-0.05, 0) is 38.1 Å². The van der Waals surface area contributed by atoms with Crippen molar-refractivity contribution < 1.29 is 12.8 Å². The lowest BCUT2D eigenvalue weighted by Gasteiger charge is -2.34. The number of hydrogen-bond donors (Lipinski definition) is 0. The predicted octanol–water partition coefficient (Wildman–Crippen LogP) is 1.93. The van der Waals surface area contributed by atoms with Crippen LogP contribution in [0.5, 0.6) is 0 Å². The van der Waals surface area contributed by atoms with E-state index < -0.39 is 15.8 Å². The fraction of sp³-hybridized carbons (Fsp3) is 0.316. The number of hydrogen-bond acceptors (Lipinski definition) is 6. The second-order valence-corrected chi connectivity index (χ2v) is 8.86. The van der Waals surface area contributed by atoms with E-state index in [0.29, 0.717) is 24.7 Å². The highest BCUT2D eigenvalue weighted by molar-refractivity contribution is 7.89. The van der Waals surface area contributed by atoms with Crippen molar-refractivity contribution in [2.75, 3.05) is 31.1 Å². The number of rotatable bonds is 4. The molecule has 10 heteroatoms. The zero-order valence-electron chi connectivity index (χ0n) is 16.2. The Hall–Kier alpha value is -2.85. The third-order valence-electron chi connectivity index (χ3n) is 4.83. The van der Waals surface area contributed by atoms with Crippen molar-refractivity contribution in [3.8, 4) is 5.82 Å². The van der Waals surface area contributed by atoms with Gasteiger partial charge in [0.15, 0.2) is 5.82 Å². The van der Waals surface area contributed by atoms with Crippen molar-refractivity contribution >= 4 is 15.8 Å². The van der Waals surface area contributed by atoms with E-state index in [2.05, 4.69) is 15.1 Å². The van der Waals surface area contributed by atoms with Crippen LogP contribution in [0.1, 0.15) is 11.4 Å². The smallest absolute Gasteiger partial charge is 0.243 e. The number of aryl methyl sites for hydroxylation is 2. The maximum Gasteiger partial charge on any atom is 0.243 e. The average Bonchev–Trinajstić information content (AvgIpc) is 3.06. The van der Waals surface area contributed by atoms with E-state index in [9.17, 15) is 12.8 Å². The Morgan fingerprint density at radius 1 is 1.00 bits per heavy atom. The lowest BCUT2D eigenvalue weighted by atomic mass is 10.3. The summed E-state index contributed by atoms with van der Waals surface area (Å²) in [5.41, 5.74) is 1.85. The molecule has 8 nitrogen and oxygen atoms in total. The first-order chi connectivity index (χ1) is 13.8. The molecule has 1 aliphatic rings. The van der Waals surface area contributed by atoms with Gasteiger partial charge in [0, 0.05) is 31.9 Å². The van der Waals surface area contributed by atoms with Crippen LogP contribution >= 0.6 is 0 Å². The highest BCUT2D eigenvalue weighted by Crippen LogP contribution is 2.21. The molecular formula is C19H21FN6O2S. The summed E-state index contributed by atoms with van der Waals surface area (Å²) in [7, 11) is -3.73. The number of anilines is 1. The molecule has 1 fully saturated rings. The Bertz CT molecular complexity index is 1140. The molecule has 0 N–H and O–H groups in total. The normalized spacial score (nSPS) is 15.6. The molecule has 0 spiro atoms. The average molecular weight is 416 g/mol. The van der Waals surface area contributed by atoms with Crippen LogP contribution in [0.4, 0.5) is 10.2 Å². The summed E-state index contributed by atoms with van der Waals surface area (Å²) in [5, 5.41) is 4.43. The Kier molecular flexibility index (Phi) is 5.05. The van der Waals surface area contributed by atoms with Gasteiger partial charge in [-0.1, -0.05) is 6.07 Å². The molecule has 0 aliphatic carbocycles. The summed E-state index contributed by atoms with van der Waals surface area (Å²) < 4.78 is 42.1. The van der Waals surface area contributed by atoms with Crippen molar-refractivity contribution in [1.29, 1.82) is 0 Å². The van der Waals surface area contributed by atoms with Crippen LogP contribution < -0.4 is 4.90 Å². The maximum absolute atomic E-state index is 13.4. The molecule has 3 aromatic rings. The van der Waals surface area contributed by atoms with E-state index >= 15 is 0 Å². The monoisotopic (exact) mass is 416 g/mol. The van der Waals surface area contributed by atoms with Crippen LogP contribution in [-0.4, -0.2) is 58.7 Å². The third-order valence-corrected chi connectivity index (χ3v) is 6.73. The van der Waals surface area contributed by atoms with Crippen LogP contribution in [0.2, 0.25) is 0 Å². The van der Waals surface area contributed by atoms with Crippen molar-refractivity contribution in [2.45, 2.75) is 18.7 Å². The summed E-state index contributed by atoms with van der Waals surface area (Å²) >= 11 is 0. The zero-order valence-corrected chi connectivity index (χ0v) is 17.0. The molecule has 0 bridgehead atoms. The number of halogens is 1. The number of nitrogens with zero attached hydrogens (tertiary/aromatic N) is 6. The molecule has 1 aliphatic heterocycles. The molecule has 4 rings (SSSR count). The Balaban J connectivity index is 1.50. The molecule has 0 amide bonds. The molecule has 2 aromatic heterocycles. The van der Waals surface area contributed by atoms with Crippen LogP contribution in [-0.2, 0) is 10.0 Å². The summed E-state index contributed by atoms with van der Waals surface area (Å²) in [5.74, 6) is 0.710. The van der Waals surface area contributed by atoms with Gasteiger partial charge in [0.2, 0.25) is 10.0 Å². The highest BCUT2D eigenvalue weighted by Gasteiger charge is 2.29. The molecule has 1 aromatic carbocycles. The van der Waals surface area contributed by atoms with E-state index in [-0.39, 0.29) is 18.0 Å². The standard InChI is InChI=1S/C19H21FN6O2S/c1-14-10-15(2)26(23-14)19-13-21-12-18(22-19)24-6-8-25(9-7-24)29(27,28)17-5-3-4-16(20)11-17/h3-5,10-13H,6-9H2,1-2H3. The first-order valence-corrected chi connectivity index (χ1v) is 10.6. The number of benzene rings is 1. The SMILES string of the molecule is Cc1cc(C)n(-c2cncc(N3CCN(S(=O)(=O)c4cccc(F)c4)CC3)n2)n1. The van der Waals surface area contributed by atoms with Crippen molar-refractivity contribution in [1.82, 2.24) is 24.1 Å². The van der Waals surface area contributed by atoms with E-state index in [4.69, 9.17) is 0 Å². The number of sulfonamides is 1. The van der Waals surface area contributed by atoms with Gasteiger partial charge in [0.25, 0.3) is 0 Å². The molecule has 1 saturated heterocycles. The quantitative estimate of drug-likeness (QED) is 0.646. The van der Waals surface area contributed by atoms with E-state index in [1.165, 1.54) is 22.5 Å². The van der Waals surface area contributed by atoms with Gasteiger partial charge in [-0.15, -0.1) is 0 Å². The zero-order chi connectivity index (χ0) is 20.6. The van der Waals surface area contributed by atoms with Gasteiger partial charge in [-0.25, -0.2) is 22.5 Å². The summed E-state index contributed by atoms with van der Waals surface area (Å²) in [4.78, 5) is 10.9. The Labute approximate surface area is 168 Å². The second-order valence-electron chi connectivity index (χ2n) is 6.92. The molecule has 152 valence electrons. The fourth-order valence-electron chi connectivity index (χ4n) is 3.40. The predicted molar refractivity (Wildman–Crippen MR) is 106 cm³/mol. The van der Waals surface area contributed by atoms with Crippen molar-refractivity contribution in [3.05, 3.63) is 59.9 Å². The number of piperazine rings is 1. The minimum Gasteiger partial charge on any atom is -0.353 e. The first-order valence-electron chi connectivity index (χ1n) is 9.21. The minimum absolute atomic E-state index is 0.0303. The summed E-state index contributed by atoms with van der Waals surface area (Å²) in [6.45, 7) is 5.35. The van der Waals surface area contributed by atoms with Gasteiger partial charge in [0.1, 0.15) is 11.6 Å². The van der Waals surface area contributed by atoms with Crippen molar-refractivity contribution in [2.24, 2.45) is 0 Å². The number of aromatic nitrogens is 4. The van der Waals surface area contributed by atoms with Gasteiger partial charge in [-0.2, -0.15) is 9.40 Å². The van der Waals surface area contributed by atoms with Gasteiger partial charge in [0.05, 0.1) is 23.0 Å². The molecule has 0 saturated carbocycles. The third kappa shape index (κ3) is 3.85. The first kappa shape index (κ1) is 19.5.